The van der Waals surface area contributed by atoms with Gasteiger partial charge in [-0.05, 0) is 72.9 Å². The summed E-state index contributed by atoms with van der Waals surface area (Å²) in [6, 6.07) is 16.2. The number of nitrogens with zero attached hydrogens (tertiary/aromatic N) is 4. The summed E-state index contributed by atoms with van der Waals surface area (Å²) >= 11 is 0. The summed E-state index contributed by atoms with van der Waals surface area (Å²) in [7, 11) is 3.36. The van der Waals surface area contributed by atoms with Crippen LogP contribution in [0.1, 0.15) is 29.7 Å². The Hall–Kier alpha value is -3.67. The molecule has 0 saturated heterocycles. The molecule has 6 nitrogen and oxygen atoms in total. The fourth-order valence-electron chi connectivity index (χ4n) is 4.04. The highest BCUT2D eigenvalue weighted by Crippen LogP contribution is 2.37. The van der Waals surface area contributed by atoms with Gasteiger partial charge in [0.2, 0.25) is 0 Å². The first-order chi connectivity index (χ1) is 14.8. The molecule has 2 aromatic heterocycles. The van der Waals surface area contributed by atoms with Crippen molar-refractivity contribution in [1.29, 1.82) is 0 Å². The van der Waals surface area contributed by atoms with Gasteiger partial charge in [-0.25, -0.2) is 4.98 Å². The maximum Gasteiger partial charge on any atom is 0.253 e. The number of allylic oxidation sites excluding steroid dienone is 1. The predicted molar refractivity (Wildman–Crippen MR) is 117 cm³/mol. The van der Waals surface area contributed by atoms with E-state index in [9.17, 15) is 0 Å². The maximum atomic E-state index is 5.32. The van der Waals surface area contributed by atoms with E-state index in [4.69, 9.17) is 14.5 Å². The van der Waals surface area contributed by atoms with Crippen LogP contribution in [0.2, 0.25) is 0 Å². The molecule has 2 heterocycles. The quantitative estimate of drug-likeness (QED) is 0.499. The van der Waals surface area contributed by atoms with E-state index in [0.29, 0.717) is 5.78 Å². The van der Waals surface area contributed by atoms with Crippen molar-refractivity contribution in [2.75, 3.05) is 14.2 Å². The number of fused-ring (bicyclic) bond motifs is 2. The van der Waals surface area contributed by atoms with Crippen molar-refractivity contribution in [3.63, 3.8) is 0 Å². The number of aromatic nitrogens is 4. The molecule has 0 unspecified atom stereocenters. The Labute approximate surface area is 174 Å². The first kappa shape index (κ1) is 18.4. The first-order valence-corrected chi connectivity index (χ1v) is 9.99. The van der Waals surface area contributed by atoms with Crippen LogP contribution in [0.25, 0.3) is 28.7 Å². The van der Waals surface area contributed by atoms with E-state index < -0.39 is 0 Å². The average molecular weight is 398 g/mol. The minimum atomic E-state index is 0.613. The SMILES string of the molecule is COc1ccc(/C=C2/CCCc3c2nc2ncnn2c3-c2ccc(OC)cc2)cc1. The van der Waals surface area contributed by atoms with Gasteiger partial charge >= 0.3 is 0 Å². The van der Waals surface area contributed by atoms with E-state index in [1.807, 2.05) is 28.8 Å². The van der Waals surface area contributed by atoms with Gasteiger partial charge in [0.1, 0.15) is 17.8 Å². The summed E-state index contributed by atoms with van der Waals surface area (Å²) in [5.41, 5.74) is 6.72. The molecule has 4 aromatic rings. The lowest BCUT2D eigenvalue weighted by atomic mass is 9.87. The third-order valence-corrected chi connectivity index (χ3v) is 5.52. The smallest absolute Gasteiger partial charge is 0.253 e. The zero-order chi connectivity index (χ0) is 20.5. The monoisotopic (exact) mass is 398 g/mol. The van der Waals surface area contributed by atoms with Gasteiger partial charge in [-0.2, -0.15) is 14.6 Å². The molecular formula is C24H22N4O2. The van der Waals surface area contributed by atoms with Crippen LogP contribution in [-0.2, 0) is 6.42 Å². The number of methoxy groups -OCH3 is 2. The minimum absolute atomic E-state index is 0.613. The Balaban J connectivity index is 1.67. The lowest BCUT2D eigenvalue weighted by molar-refractivity contribution is 0.414. The lowest BCUT2D eigenvalue weighted by Gasteiger charge is -2.22. The molecule has 0 saturated carbocycles. The van der Waals surface area contributed by atoms with E-state index in [1.165, 1.54) is 11.1 Å². The van der Waals surface area contributed by atoms with Crippen molar-refractivity contribution in [3.05, 3.63) is 71.7 Å². The Morgan fingerprint density at radius 3 is 2.30 bits per heavy atom. The average Bonchev–Trinajstić information content (AvgIpc) is 3.27. The van der Waals surface area contributed by atoms with Gasteiger partial charge in [0.05, 0.1) is 25.6 Å². The van der Waals surface area contributed by atoms with E-state index >= 15 is 0 Å². The summed E-state index contributed by atoms with van der Waals surface area (Å²) < 4.78 is 12.4. The number of benzene rings is 2. The Morgan fingerprint density at radius 2 is 1.60 bits per heavy atom. The Bertz CT molecular complexity index is 1220. The normalized spacial score (nSPS) is 14.7. The maximum absolute atomic E-state index is 5.32. The second-order valence-corrected chi connectivity index (χ2v) is 7.28. The highest BCUT2D eigenvalue weighted by molar-refractivity contribution is 5.85. The van der Waals surface area contributed by atoms with Crippen LogP contribution in [0.15, 0.2) is 54.9 Å². The van der Waals surface area contributed by atoms with Crippen LogP contribution in [0, 0.1) is 0 Å². The van der Waals surface area contributed by atoms with Crippen LogP contribution in [0.5, 0.6) is 11.5 Å². The zero-order valence-electron chi connectivity index (χ0n) is 17.0. The number of hydrogen-bond donors (Lipinski definition) is 0. The molecular weight excluding hydrogens is 376 g/mol. The molecule has 0 radical (unpaired) electrons. The molecule has 2 aromatic carbocycles. The largest absolute Gasteiger partial charge is 0.497 e. The Morgan fingerprint density at radius 1 is 0.900 bits per heavy atom. The van der Waals surface area contributed by atoms with Crippen molar-refractivity contribution in [1.82, 2.24) is 19.6 Å². The molecule has 0 bridgehead atoms. The molecule has 6 heteroatoms. The van der Waals surface area contributed by atoms with Crippen LogP contribution >= 0.6 is 0 Å². The second kappa shape index (κ2) is 7.63. The molecule has 1 aliphatic rings. The highest BCUT2D eigenvalue weighted by atomic mass is 16.5. The molecule has 0 amide bonds. The van der Waals surface area contributed by atoms with Gasteiger partial charge in [-0.3, -0.25) is 0 Å². The van der Waals surface area contributed by atoms with Crippen LogP contribution in [0.3, 0.4) is 0 Å². The molecule has 0 atom stereocenters. The third kappa shape index (κ3) is 3.20. The molecule has 150 valence electrons. The first-order valence-electron chi connectivity index (χ1n) is 9.99. The van der Waals surface area contributed by atoms with Gasteiger partial charge < -0.3 is 9.47 Å². The predicted octanol–water partition coefficient (Wildman–Crippen LogP) is 4.69. The molecule has 0 fully saturated rings. The van der Waals surface area contributed by atoms with Crippen molar-refractivity contribution in [3.8, 4) is 22.8 Å². The van der Waals surface area contributed by atoms with E-state index in [1.54, 1.807) is 20.5 Å². The fourth-order valence-corrected chi connectivity index (χ4v) is 4.04. The van der Waals surface area contributed by atoms with E-state index in [-0.39, 0.29) is 0 Å². The van der Waals surface area contributed by atoms with Crippen molar-refractivity contribution in [2.24, 2.45) is 0 Å². The minimum Gasteiger partial charge on any atom is -0.497 e. The molecule has 0 spiro atoms. The summed E-state index contributed by atoms with van der Waals surface area (Å²) in [6.45, 7) is 0. The topological polar surface area (TPSA) is 61.5 Å². The van der Waals surface area contributed by atoms with Crippen molar-refractivity contribution in [2.45, 2.75) is 19.3 Å². The third-order valence-electron chi connectivity index (χ3n) is 5.52. The summed E-state index contributed by atoms with van der Waals surface area (Å²) in [5.74, 6) is 2.30. The number of ether oxygens (including phenoxy) is 2. The molecule has 0 N–H and O–H groups in total. The molecule has 1 aliphatic carbocycles. The van der Waals surface area contributed by atoms with Crippen molar-refractivity contribution < 1.29 is 9.47 Å². The van der Waals surface area contributed by atoms with Crippen molar-refractivity contribution >= 4 is 17.4 Å². The fraction of sp³-hybridized carbons (Fsp3) is 0.208. The second-order valence-electron chi connectivity index (χ2n) is 7.28. The van der Waals surface area contributed by atoms with Crippen LogP contribution < -0.4 is 9.47 Å². The summed E-state index contributed by atoms with van der Waals surface area (Å²) in [5, 5.41) is 4.45. The van der Waals surface area contributed by atoms with Gasteiger partial charge in [0.15, 0.2) is 0 Å². The summed E-state index contributed by atoms with van der Waals surface area (Å²) in [6.07, 6.45) is 6.79. The lowest BCUT2D eigenvalue weighted by Crippen LogP contribution is -2.11. The standard InChI is InChI=1S/C24H22N4O2/c1-29-19-10-6-16(7-11-19)14-18-4-3-5-21-22(18)27-24-25-15-26-28(24)23(21)17-8-12-20(30-2)13-9-17/h6-15H,3-5H2,1-2H3/b18-14-. The van der Waals surface area contributed by atoms with E-state index in [2.05, 4.69) is 40.4 Å². The molecule has 5 rings (SSSR count). The van der Waals surface area contributed by atoms with Gasteiger partial charge in [-0.1, -0.05) is 12.1 Å². The Kier molecular flexibility index (Phi) is 4.67. The van der Waals surface area contributed by atoms with Gasteiger partial charge in [-0.15, -0.1) is 0 Å². The van der Waals surface area contributed by atoms with Crippen LogP contribution in [0.4, 0.5) is 0 Å². The van der Waals surface area contributed by atoms with E-state index in [0.717, 1.165) is 53.3 Å². The number of hydrogen-bond acceptors (Lipinski definition) is 5. The highest BCUT2D eigenvalue weighted by Gasteiger charge is 2.23. The number of rotatable bonds is 4. The van der Waals surface area contributed by atoms with Gasteiger partial charge in [0, 0.05) is 11.1 Å². The zero-order valence-corrected chi connectivity index (χ0v) is 17.0. The summed E-state index contributed by atoms with van der Waals surface area (Å²) in [4.78, 5) is 9.26. The molecule has 0 aliphatic heterocycles. The molecule has 30 heavy (non-hydrogen) atoms. The van der Waals surface area contributed by atoms with Crippen LogP contribution in [-0.4, -0.2) is 33.8 Å². The van der Waals surface area contributed by atoms with Gasteiger partial charge in [0.25, 0.3) is 5.78 Å².